The summed E-state index contributed by atoms with van der Waals surface area (Å²) in [6.45, 7) is 1.08. The zero-order chi connectivity index (χ0) is 26.1. The van der Waals surface area contributed by atoms with Gasteiger partial charge in [-0.2, -0.15) is 0 Å². The van der Waals surface area contributed by atoms with Crippen molar-refractivity contribution in [2.45, 2.75) is 25.2 Å². The summed E-state index contributed by atoms with van der Waals surface area (Å²) in [5.41, 5.74) is 3.96. The molecule has 0 unspecified atom stereocenters. The predicted octanol–water partition coefficient (Wildman–Crippen LogP) is 3.50. The summed E-state index contributed by atoms with van der Waals surface area (Å²) in [6.07, 6.45) is -1.25. The summed E-state index contributed by atoms with van der Waals surface area (Å²) in [4.78, 5) is 0. The number of aliphatic hydroxyl groups is 2. The Morgan fingerprint density at radius 3 is 2.35 bits per heavy atom. The average molecular weight is 508 g/mol. The molecule has 0 radical (unpaired) electrons. The van der Waals surface area contributed by atoms with Gasteiger partial charge in [0.2, 0.25) is 0 Å². The van der Waals surface area contributed by atoms with Crippen LogP contribution in [0.2, 0.25) is 0 Å². The third-order valence-corrected chi connectivity index (χ3v) is 7.34. The highest BCUT2D eigenvalue weighted by molar-refractivity contribution is 5.52. The minimum absolute atomic E-state index is 0.191. The molecular weight excluding hydrogens is 474 g/mol. The van der Waals surface area contributed by atoms with E-state index in [-0.39, 0.29) is 19.0 Å². The number of ether oxygens (including phenoxy) is 4. The fourth-order valence-electron chi connectivity index (χ4n) is 5.43. The molecule has 2 heterocycles. The normalized spacial score (nSPS) is 22.3. The highest BCUT2D eigenvalue weighted by Gasteiger charge is 2.43. The van der Waals surface area contributed by atoms with Crippen molar-refractivity contribution in [2.75, 3.05) is 34.5 Å². The van der Waals surface area contributed by atoms with Gasteiger partial charge in [0.1, 0.15) is 28.7 Å². The van der Waals surface area contributed by atoms with Crippen LogP contribution in [0.25, 0.3) is 0 Å². The second-order valence-corrected chi connectivity index (χ2v) is 9.62. The largest absolute Gasteiger partial charge is 0.508 e. The third kappa shape index (κ3) is 4.80. The van der Waals surface area contributed by atoms with Gasteiger partial charge in [0.15, 0.2) is 0 Å². The molecule has 0 aromatic heterocycles. The van der Waals surface area contributed by atoms with E-state index in [1.54, 1.807) is 38.5 Å². The van der Waals surface area contributed by atoms with Crippen LogP contribution in [0.15, 0.2) is 48.5 Å². The van der Waals surface area contributed by atoms with Crippen LogP contribution in [-0.2, 0) is 13.0 Å². The van der Waals surface area contributed by atoms with Crippen LogP contribution in [0.1, 0.15) is 40.0 Å². The molecule has 0 saturated carbocycles. The molecule has 3 aromatic carbocycles. The molecule has 0 fully saturated rings. The Hall–Kier alpha value is -3.46. The fourth-order valence-corrected chi connectivity index (χ4v) is 5.43. The van der Waals surface area contributed by atoms with Gasteiger partial charge in [0.25, 0.3) is 0 Å². The summed E-state index contributed by atoms with van der Waals surface area (Å²) in [6, 6.07) is 14.4. The number of phenols is 1. The van der Waals surface area contributed by atoms with Crippen LogP contribution < -0.4 is 24.3 Å². The molecule has 0 bridgehead atoms. The van der Waals surface area contributed by atoms with Gasteiger partial charge in [-0.3, -0.25) is 0 Å². The Balaban J connectivity index is 1.44. The molecule has 8 heteroatoms. The smallest absolute Gasteiger partial charge is 0.128 e. The van der Waals surface area contributed by atoms with Crippen LogP contribution in [0.4, 0.5) is 0 Å². The maximum absolute atomic E-state index is 11.5. The maximum atomic E-state index is 11.5. The quantitative estimate of drug-likeness (QED) is 0.385. The molecule has 37 heavy (non-hydrogen) atoms. The maximum Gasteiger partial charge on any atom is 0.128 e. The lowest BCUT2D eigenvalue weighted by Gasteiger charge is -2.40. The highest BCUT2D eigenvalue weighted by Crippen LogP contribution is 2.49. The first-order valence-electron chi connectivity index (χ1n) is 12.4. The first-order valence-corrected chi connectivity index (χ1v) is 12.4. The number of benzene rings is 3. The van der Waals surface area contributed by atoms with E-state index >= 15 is 0 Å². The first-order chi connectivity index (χ1) is 17.9. The Kier molecular flexibility index (Phi) is 7.15. The van der Waals surface area contributed by atoms with E-state index in [1.807, 2.05) is 31.3 Å². The van der Waals surface area contributed by atoms with Crippen molar-refractivity contribution >= 4 is 0 Å². The van der Waals surface area contributed by atoms with Crippen molar-refractivity contribution < 1.29 is 34.3 Å². The molecule has 0 amide bonds. The van der Waals surface area contributed by atoms with Gasteiger partial charge in [-0.25, -0.2) is 0 Å². The van der Waals surface area contributed by atoms with Crippen molar-refractivity contribution in [2.24, 2.45) is 11.8 Å². The molecular formula is C29H33NO7. The summed E-state index contributed by atoms with van der Waals surface area (Å²) >= 11 is 0. The van der Waals surface area contributed by atoms with Gasteiger partial charge in [0, 0.05) is 47.1 Å². The fraction of sp³-hybridized carbons (Fsp3) is 0.379. The van der Waals surface area contributed by atoms with Gasteiger partial charge in [-0.15, -0.1) is 0 Å². The number of hydrogen-bond donors (Lipinski definition) is 4. The number of methoxy groups -OCH3 is 2. The molecule has 3 aromatic rings. The van der Waals surface area contributed by atoms with E-state index in [9.17, 15) is 15.3 Å². The van der Waals surface area contributed by atoms with Crippen LogP contribution in [0.5, 0.6) is 28.7 Å². The van der Waals surface area contributed by atoms with Crippen molar-refractivity contribution in [1.82, 2.24) is 5.32 Å². The molecule has 8 nitrogen and oxygen atoms in total. The molecule has 5 rings (SSSR count). The lowest BCUT2D eigenvalue weighted by Crippen LogP contribution is -2.40. The predicted molar refractivity (Wildman–Crippen MR) is 138 cm³/mol. The highest BCUT2D eigenvalue weighted by atomic mass is 16.5. The van der Waals surface area contributed by atoms with E-state index in [2.05, 4.69) is 5.32 Å². The average Bonchev–Trinajstić information content (AvgIpc) is 2.89. The number of aromatic hydroxyl groups is 1. The Labute approximate surface area is 216 Å². The van der Waals surface area contributed by atoms with E-state index in [0.717, 1.165) is 16.7 Å². The van der Waals surface area contributed by atoms with E-state index < -0.39 is 24.0 Å². The van der Waals surface area contributed by atoms with Crippen molar-refractivity contribution in [3.63, 3.8) is 0 Å². The number of phenolic OH excluding ortho intramolecular Hbond substituents is 1. The number of nitrogens with one attached hydrogen (secondary N) is 1. The zero-order valence-corrected chi connectivity index (χ0v) is 21.2. The second-order valence-electron chi connectivity index (χ2n) is 9.62. The van der Waals surface area contributed by atoms with Gasteiger partial charge in [-0.1, -0.05) is 12.1 Å². The van der Waals surface area contributed by atoms with E-state index in [1.165, 1.54) is 0 Å². The van der Waals surface area contributed by atoms with Crippen LogP contribution in [-0.4, -0.2) is 49.8 Å². The molecule has 0 aliphatic carbocycles. The molecule has 196 valence electrons. The number of rotatable bonds is 7. The molecule has 0 spiro atoms. The molecule has 4 N–H and O–H groups in total. The summed E-state index contributed by atoms with van der Waals surface area (Å²) in [5.74, 6) is 1.90. The lowest BCUT2D eigenvalue weighted by atomic mass is 9.77. The third-order valence-electron chi connectivity index (χ3n) is 7.34. The van der Waals surface area contributed by atoms with Crippen molar-refractivity contribution in [3.05, 3.63) is 76.3 Å². The summed E-state index contributed by atoms with van der Waals surface area (Å²) in [5, 5.41) is 35.9. The summed E-state index contributed by atoms with van der Waals surface area (Å²) < 4.78 is 23.4. The monoisotopic (exact) mass is 507 g/mol. The SMILES string of the molecule is CNCc1cc2c(cc1OC)[C@H](O)[C@H]([C@H]1COc3c(Cc4cccc(O)c4)cc(OC)cc3[C@H]1O)CO2. The zero-order valence-electron chi connectivity index (χ0n) is 21.2. The lowest BCUT2D eigenvalue weighted by molar-refractivity contribution is -0.0554. The number of aliphatic hydroxyl groups excluding tert-OH is 2. The van der Waals surface area contributed by atoms with Gasteiger partial charge >= 0.3 is 0 Å². The van der Waals surface area contributed by atoms with E-state index in [4.69, 9.17) is 18.9 Å². The van der Waals surface area contributed by atoms with Gasteiger partial charge in [0.05, 0.1) is 39.6 Å². The van der Waals surface area contributed by atoms with E-state index in [0.29, 0.717) is 47.1 Å². The van der Waals surface area contributed by atoms with Crippen LogP contribution in [0.3, 0.4) is 0 Å². The summed E-state index contributed by atoms with van der Waals surface area (Å²) in [7, 11) is 5.04. The van der Waals surface area contributed by atoms with Gasteiger partial charge in [-0.05, 0) is 49.0 Å². The minimum Gasteiger partial charge on any atom is -0.508 e. The molecule has 2 aliphatic rings. The minimum atomic E-state index is -0.892. The number of fused-ring (bicyclic) bond motifs is 2. The Morgan fingerprint density at radius 2 is 1.65 bits per heavy atom. The van der Waals surface area contributed by atoms with Gasteiger partial charge < -0.3 is 39.6 Å². The standard InChI is InChI=1S/C29H33NO7/c1-30-13-18-10-26-21(12-25(18)35-3)27(32)23(14-36-26)24-15-37-29-17(7-16-5-4-6-19(31)8-16)9-20(34-2)11-22(29)28(24)33/h4-6,8-12,23-24,27-28,30-33H,7,13-15H2,1-3H3/t23-,24+,27-,28+/m0/s1. The van der Waals surface area contributed by atoms with Crippen molar-refractivity contribution in [1.29, 1.82) is 0 Å². The second kappa shape index (κ2) is 10.5. The molecule has 0 saturated heterocycles. The molecule has 2 aliphatic heterocycles. The van der Waals surface area contributed by atoms with Crippen molar-refractivity contribution in [3.8, 4) is 28.7 Å². The topological polar surface area (TPSA) is 110 Å². The Morgan fingerprint density at radius 1 is 0.892 bits per heavy atom. The Bertz CT molecular complexity index is 1280. The first kappa shape index (κ1) is 25.2. The number of hydrogen-bond acceptors (Lipinski definition) is 8. The van der Waals surface area contributed by atoms with Crippen LogP contribution in [0, 0.1) is 11.8 Å². The molecule has 4 atom stereocenters. The van der Waals surface area contributed by atoms with Crippen LogP contribution >= 0.6 is 0 Å².